The van der Waals surface area contributed by atoms with E-state index in [1.54, 1.807) is 5.38 Å². The summed E-state index contributed by atoms with van der Waals surface area (Å²) in [4.78, 5) is 30.1. The van der Waals surface area contributed by atoms with E-state index in [-0.39, 0.29) is 18.4 Å². The van der Waals surface area contributed by atoms with Crippen molar-refractivity contribution in [3.63, 3.8) is 0 Å². The standard InChI is InChI=1S/C17H22N4O2S/c1-3-21(4-2)15(12-8-6-5-7-9-12)16(23)20-17-19-13(11-24-17)10-14(18)22/h5-9,11,15H,3-4,10H2,1-2H3,(H2,18,22)(H,19,20,23)/t15-/m0/s1. The quantitative estimate of drug-likeness (QED) is 0.767. The van der Waals surface area contributed by atoms with E-state index in [1.807, 2.05) is 44.2 Å². The maximum absolute atomic E-state index is 12.8. The fraction of sp³-hybridized carbons (Fsp3) is 0.353. The zero-order chi connectivity index (χ0) is 17.5. The summed E-state index contributed by atoms with van der Waals surface area (Å²) in [6, 6.07) is 9.29. The van der Waals surface area contributed by atoms with Crippen LogP contribution in [0.2, 0.25) is 0 Å². The van der Waals surface area contributed by atoms with Crippen molar-refractivity contribution in [3.05, 3.63) is 47.0 Å². The van der Waals surface area contributed by atoms with Crippen LogP contribution < -0.4 is 11.1 Å². The van der Waals surface area contributed by atoms with E-state index in [9.17, 15) is 9.59 Å². The first-order valence-corrected chi connectivity index (χ1v) is 8.75. The van der Waals surface area contributed by atoms with Gasteiger partial charge < -0.3 is 11.1 Å². The first-order valence-electron chi connectivity index (χ1n) is 7.87. The predicted octanol–water partition coefficient (Wildman–Crippen LogP) is 2.19. The van der Waals surface area contributed by atoms with Crippen LogP contribution in [-0.2, 0) is 16.0 Å². The molecule has 0 spiro atoms. The van der Waals surface area contributed by atoms with Crippen LogP contribution in [0.5, 0.6) is 0 Å². The van der Waals surface area contributed by atoms with Crippen molar-refractivity contribution in [1.29, 1.82) is 0 Å². The average Bonchev–Trinajstić information content (AvgIpc) is 2.99. The highest BCUT2D eigenvalue weighted by Gasteiger charge is 2.26. The van der Waals surface area contributed by atoms with Gasteiger partial charge in [0, 0.05) is 5.38 Å². The van der Waals surface area contributed by atoms with Gasteiger partial charge >= 0.3 is 0 Å². The Bertz CT molecular complexity index is 683. The molecule has 0 aliphatic heterocycles. The summed E-state index contributed by atoms with van der Waals surface area (Å²) >= 11 is 1.29. The largest absolute Gasteiger partial charge is 0.369 e. The SMILES string of the molecule is CCN(CC)[C@H](C(=O)Nc1nc(CC(N)=O)cs1)c1ccccc1. The monoisotopic (exact) mass is 346 g/mol. The van der Waals surface area contributed by atoms with Crippen LogP contribution in [0, 0.1) is 0 Å². The van der Waals surface area contributed by atoms with Crippen LogP contribution in [0.25, 0.3) is 0 Å². The van der Waals surface area contributed by atoms with E-state index >= 15 is 0 Å². The molecule has 0 radical (unpaired) electrons. The number of likely N-dealkylation sites (N-methyl/N-ethyl adjacent to an activating group) is 1. The molecule has 2 amide bonds. The maximum Gasteiger partial charge on any atom is 0.248 e. The molecule has 128 valence electrons. The van der Waals surface area contributed by atoms with Crippen LogP contribution in [0.15, 0.2) is 35.7 Å². The van der Waals surface area contributed by atoms with E-state index in [4.69, 9.17) is 5.73 Å². The van der Waals surface area contributed by atoms with E-state index in [2.05, 4.69) is 15.2 Å². The molecule has 1 atom stereocenters. The van der Waals surface area contributed by atoms with E-state index < -0.39 is 5.91 Å². The molecule has 7 heteroatoms. The molecule has 1 heterocycles. The molecular formula is C17H22N4O2S. The Kier molecular flexibility index (Phi) is 6.45. The number of thiazole rings is 1. The van der Waals surface area contributed by atoms with Crippen molar-refractivity contribution in [2.24, 2.45) is 5.73 Å². The van der Waals surface area contributed by atoms with Gasteiger partial charge in [0.25, 0.3) is 0 Å². The van der Waals surface area contributed by atoms with Crippen molar-refractivity contribution in [3.8, 4) is 0 Å². The second-order valence-corrected chi connectivity index (χ2v) is 6.17. The lowest BCUT2D eigenvalue weighted by Crippen LogP contribution is -2.37. The summed E-state index contributed by atoms with van der Waals surface area (Å²) in [6.45, 7) is 5.57. The highest BCUT2D eigenvalue weighted by molar-refractivity contribution is 7.13. The zero-order valence-electron chi connectivity index (χ0n) is 13.9. The highest BCUT2D eigenvalue weighted by atomic mass is 32.1. The molecule has 2 rings (SSSR count). The predicted molar refractivity (Wildman–Crippen MR) is 95.7 cm³/mol. The third kappa shape index (κ3) is 4.62. The lowest BCUT2D eigenvalue weighted by Gasteiger charge is -2.28. The number of carbonyl (C=O) groups excluding carboxylic acids is 2. The van der Waals surface area contributed by atoms with Gasteiger partial charge in [-0.1, -0.05) is 44.2 Å². The average molecular weight is 346 g/mol. The molecule has 0 bridgehead atoms. The normalized spacial score (nSPS) is 12.1. The Morgan fingerprint density at radius 2 is 1.92 bits per heavy atom. The van der Waals surface area contributed by atoms with Gasteiger partial charge in [-0.05, 0) is 18.7 Å². The number of anilines is 1. The number of rotatable bonds is 8. The molecule has 0 saturated carbocycles. The molecule has 0 aliphatic rings. The Hall–Kier alpha value is -2.25. The molecular weight excluding hydrogens is 324 g/mol. The van der Waals surface area contributed by atoms with Gasteiger partial charge in [-0.25, -0.2) is 4.98 Å². The van der Waals surface area contributed by atoms with Crippen LogP contribution in [0.4, 0.5) is 5.13 Å². The number of nitrogens with zero attached hydrogens (tertiary/aromatic N) is 2. The topological polar surface area (TPSA) is 88.3 Å². The van der Waals surface area contributed by atoms with Crippen LogP contribution in [0.1, 0.15) is 31.1 Å². The van der Waals surface area contributed by atoms with Gasteiger partial charge in [-0.15, -0.1) is 11.3 Å². The molecule has 1 aromatic heterocycles. The van der Waals surface area contributed by atoms with Gasteiger partial charge in [-0.3, -0.25) is 14.5 Å². The first-order chi connectivity index (χ1) is 11.5. The van der Waals surface area contributed by atoms with Crippen LogP contribution in [-0.4, -0.2) is 34.8 Å². The number of amides is 2. The van der Waals surface area contributed by atoms with Crippen LogP contribution in [0.3, 0.4) is 0 Å². The zero-order valence-corrected chi connectivity index (χ0v) is 14.7. The fourth-order valence-electron chi connectivity index (χ4n) is 2.55. The number of aromatic nitrogens is 1. The highest BCUT2D eigenvalue weighted by Crippen LogP contribution is 2.24. The smallest absolute Gasteiger partial charge is 0.248 e. The number of hydrogen-bond acceptors (Lipinski definition) is 5. The van der Waals surface area contributed by atoms with Gasteiger partial charge in [0.1, 0.15) is 6.04 Å². The van der Waals surface area contributed by atoms with Crippen molar-refractivity contribution in [2.75, 3.05) is 18.4 Å². The number of primary amides is 1. The van der Waals surface area contributed by atoms with Crippen LogP contribution >= 0.6 is 11.3 Å². The molecule has 1 aromatic carbocycles. The minimum Gasteiger partial charge on any atom is -0.369 e. The maximum atomic E-state index is 12.8. The first kappa shape index (κ1) is 18.1. The summed E-state index contributed by atoms with van der Waals surface area (Å²) in [5.74, 6) is -0.576. The molecule has 0 fully saturated rings. The number of nitrogens with two attached hydrogens (primary N) is 1. The second kappa shape index (κ2) is 8.56. The van der Waals surface area contributed by atoms with Crippen molar-refractivity contribution in [2.45, 2.75) is 26.3 Å². The minimum atomic E-state index is -0.441. The molecule has 6 nitrogen and oxygen atoms in total. The minimum absolute atomic E-state index is 0.0739. The van der Waals surface area contributed by atoms with Crippen molar-refractivity contribution < 1.29 is 9.59 Å². The Morgan fingerprint density at radius 3 is 2.50 bits per heavy atom. The fourth-order valence-corrected chi connectivity index (χ4v) is 3.26. The molecule has 0 aliphatic carbocycles. The summed E-state index contributed by atoms with van der Waals surface area (Å²) in [6.07, 6.45) is 0.0739. The summed E-state index contributed by atoms with van der Waals surface area (Å²) in [5.41, 5.74) is 6.68. The number of benzene rings is 1. The van der Waals surface area contributed by atoms with Crippen molar-refractivity contribution >= 4 is 28.3 Å². The number of hydrogen-bond donors (Lipinski definition) is 2. The van der Waals surface area contributed by atoms with E-state index in [1.165, 1.54) is 11.3 Å². The van der Waals surface area contributed by atoms with E-state index in [0.717, 1.165) is 18.7 Å². The lowest BCUT2D eigenvalue weighted by atomic mass is 10.0. The van der Waals surface area contributed by atoms with Gasteiger partial charge in [0.2, 0.25) is 11.8 Å². The summed E-state index contributed by atoms with van der Waals surface area (Å²) in [7, 11) is 0. The summed E-state index contributed by atoms with van der Waals surface area (Å²) < 4.78 is 0. The third-order valence-corrected chi connectivity index (χ3v) is 4.48. The van der Waals surface area contributed by atoms with Gasteiger partial charge in [0.15, 0.2) is 5.13 Å². The lowest BCUT2D eigenvalue weighted by molar-refractivity contribution is -0.121. The number of carbonyl (C=O) groups is 2. The Morgan fingerprint density at radius 1 is 1.25 bits per heavy atom. The van der Waals surface area contributed by atoms with E-state index in [0.29, 0.717) is 10.8 Å². The molecule has 0 unspecified atom stereocenters. The van der Waals surface area contributed by atoms with Gasteiger partial charge in [0.05, 0.1) is 12.1 Å². The number of nitrogens with one attached hydrogen (secondary N) is 1. The molecule has 3 N–H and O–H groups in total. The Labute approximate surface area is 145 Å². The Balaban J connectivity index is 2.18. The molecule has 0 saturated heterocycles. The molecule has 24 heavy (non-hydrogen) atoms. The summed E-state index contributed by atoms with van der Waals surface area (Å²) in [5, 5.41) is 5.07. The van der Waals surface area contributed by atoms with Crippen molar-refractivity contribution in [1.82, 2.24) is 9.88 Å². The second-order valence-electron chi connectivity index (χ2n) is 5.31. The third-order valence-electron chi connectivity index (χ3n) is 3.68. The molecule has 2 aromatic rings. The van der Waals surface area contributed by atoms with Gasteiger partial charge in [-0.2, -0.15) is 0 Å².